The van der Waals surface area contributed by atoms with Crippen LogP contribution in [0.5, 0.6) is 11.8 Å². The first-order valence-electron chi connectivity index (χ1n) is 7.31. The maximum absolute atomic E-state index is 10.8. The maximum Gasteiger partial charge on any atom is 0.337 e. The molecule has 128 valence electrons. The highest BCUT2D eigenvalue weighted by Gasteiger charge is 2.10. The van der Waals surface area contributed by atoms with Crippen molar-refractivity contribution in [2.75, 3.05) is 14.2 Å². The smallest absolute Gasteiger partial charge is 0.337 e. The molecular formula is C17H15N3O4S. The van der Waals surface area contributed by atoms with Gasteiger partial charge in [0.1, 0.15) is 0 Å². The number of fused-ring (bicyclic) bond motifs is 1. The van der Waals surface area contributed by atoms with E-state index >= 15 is 0 Å². The number of aromatic carboxylic acids is 1. The molecule has 0 saturated carbocycles. The molecule has 7 nitrogen and oxygen atoms in total. The molecule has 0 unspecified atom stereocenters. The van der Waals surface area contributed by atoms with Crippen molar-refractivity contribution in [3.63, 3.8) is 0 Å². The molecule has 0 aliphatic heterocycles. The second-order valence-electron chi connectivity index (χ2n) is 5.04. The topological polar surface area (TPSA) is 94.4 Å². The van der Waals surface area contributed by atoms with Crippen LogP contribution in [0.1, 0.15) is 15.9 Å². The van der Waals surface area contributed by atoms with Crippen LogP contribution >= 0.6 is 11.8 Å². The SMILES string of the molecule is COc1nc2ccc(CSc3ccc(C(=O)O)cn3)cc2nc1OC. The zero-order valence-corrected chi connectivity index (χ0v) is 14.4. The number of carboxylic acids is 1. The first kappa shape index (κ1) is 17.0. The summed E-state index contributed by atoms with van der Waals surface area (Å²) in [6, 6.07) is 9.01. The Morgan fingerprint density at radius 3 is 2.40 bits per heavy atom. The molecule has 8 heteroatoms. The third-order valence-electron chi connectivity index (χ3n) is 3.42. The van der Waals surface area contributed by atoms with E-state index in [0.717, 1.165) is 16.1 Å². The van der Waals surface area contributed by atoms with Crippen LogP contribution in [0, 0.1) is 0 Å². The van der Waals surface area contributed by atoms with E-state index in [0.29, 0.717) is 23.0 Å². The van der Waals surface area contributed by atoms with Crippen molar-refractivity contribution in [1.29, 1.82) is 0 Å². The van der Waals surface area contributed by atoms with E-state index in [1.165, 1.54) is 32.2 Å². The van der Waals surface area contributed by atoms with E-state index in [1.54, 1.807) is 12.1 Å². The number of aromatic nitrogens is 3. The van der Waals surface area contributed by atoms with Crippen LogP contribution in [0.3, 0.4) is 0 Å². The fourth-order valence-corrected chi connectivity index (χ4v) is 2.96. The molecule has 0 aliphatic carbocycles. The number of thioether (sulfide) groups is 1. The van der Waals surface area contributed by atoms with Gasteiger partial charge in [0.15, 0.2) is 0 Å². The molecule has 0 atom stereocenters. The van der Waals surface area contributed by atoms with E-state index in [1.807, 2.05) is 18.2 Å². The molecule has 1 N–H and O–H groups in total. The average Bonchev–Trinajstić information content (AvgIpc) is 2.65. The standard InChI is InChI=1S/C17H15N3O4S/c1-23-15-16(24-2)20-13-7-10(3-5-12(13)19-15)9-25-14-6-4-11(8-18-14)17(21)22/h3-8H,9H2,1-2H3,(H,21,22). The Morgan fingerprint density at radius 1 is 1.08 bits per heavy atom. The Bertz CT molecular complexity index is 916. The van der Waals surface area contributed by atoms with Gasteiger partial charge in [-0.1, -0.05) is 6.07 Å². The highest BCUT2D eigenvalue weighted by atomic mass is 32.2. The van der Waals surface area contributed by atoms with E-state index in [-0.39, 0.29) is 5.56 Å². The number of carbonyl (C=O) groups is 1. The number of hydrogen-bond acceptors (Lipinski definition) is 7. The van der Waals surface area contributed by atoms with Crippen LogP contribution < -0.4 is 9.47 Å². The van der Waals surface area contributed by atoms with Gasteiger partial charge in [-0.2, -0.15) is 0 Å². The van der Waals surface area contributed by atoms with E-state index in [9.17, 15) is 4.79 Å². The minimum absolute atomic E-state index is 0.173. The quantitative estimate of drug-likeness (QED) is 0.673. The number of hydrogen-bond donors (Lipinski definition) is 1. The molecule has 1 aromatic carbocycles. The molecule has 0 fully saturated rings. The minimum atomic E-state index is -0.985. The molecule has 0 spiro atoms. The Kier molecular flexibility index (Phi) is 4.99. The van der Waals surface area contributed by atoms with Gasteiger partial charge in [0.25, 0.3) is 11.8 Å². The first-order chi connectivity index (χ1) is 12.1. The molecular weight excluding hydrogens is 342 g/mol. The summed E-state index contributed by atoms with van der Waals surface area (Å²) in [6.07, 6.45) is 1.35. The van der Waals surface area contributed by atoms with E-state index in [2.05, 4.69) is 15.0 Å². The fourth-order valence-electron chi connectivity index (χ4n) is 2.17. The predicted octanol–water partition coefficient (Wildman–Crippen LogP) is 3.03. The summed E-state index contributed by atoms with van der Waals surface area (Å²) in [7, 11) is 3.04. The van der Waals surface area contributed by atoms with Gasteiger partial charge in [-0.05, 0) is 29.8 Å². The number of methoxy groups -OCH3 is 2. The summed E-state index contributed by atoms with van der Waals surface area (Å²) in [5.41, 5.74) is 2.65. The molecule has 0 radical (unpaired) electrons. The van der Waals surface area contributed by atoms with Gasteiger partial charge in [-0.15, -0.1) is 11.8 Å². The van der Waals surface area contributed by atoms with Crippen LogP contribution in [0.25, 0.3) is 11.0 Å². The third-order valence-corrected chi connectivity index (χ3v) is 4.44. The molecule has 0 amide bonds. The number of ether oxygens (including phenoxy) is 2. The summed E-state index contributed by atoms with van der Waals surface area (Å²) >= 11 is 1.51. The van der Waals surface area contributed by atoms with Gasteiger partial charge >= 0.3 is 5.97 Å². The van der Waals surface area contributed by atoms with E-state index < -0.39 is 5.97 Å². The minimum Gasteiger partial charge on any atom is -0.478 e. The zero-order chi connectivity index (χ0) is 17.8. The van der Waals surface area contributed by atoms with Crippen molar-refractivity contribution >= 4 is 28.8 Å². The number of rotatable bonds is 6. The van der Waals surface area contributed by atoms with Crippen LogP contribution in [0.15, 0.2) is 41.6 Å². The molecule has 0 saturated heterocycles. The largest absolute Gasteiger partial charge is 0.478 e. The number of benzene rings is 1. The van der Waals surface area contributed by atoms with Gasteiger partial charge in [0, 0.05) is 11.9 Å². The maximum atomic E-state index is 10.8. The Morgan fingerprint density at radius 2 is 1.80 bits per heavy atom. The summed E-state index contributed by atoms with van der Waals surface area (Å²) in [4.78, 5) is 23.8. The molecule has 0 aliphatic rings. The second kappa shape index (κ2) is 7.35. The second-order valence-corrected chi connectivity index (χ2v) is 6.04. The van der Waals surface area contributed by atoms with Gasteiger partial charge in [0.05, 0.1) is 35.8 Å². The molecule has 0 bridgehead atoms. The average molecular weight is 357 g/mol. The first-order valence-corrected chi connectivity index (χ1v) is 8.30. The van der Waals surface area contributed by atoms with Crippen molar-refractivity contribution in [2.45, 2.75) is 10.8 Å². The zero-order valence-electron chi connectivity index (χ0n) is 13.6. The lowest BCUT2D eigenvalue weighted by molar-refractivity contribution is 0.0696. The van der Waals surface area contributed by atoms with Gasteiger partial charge in [-0.25, -0.2) is 19.7 Å². The Labute approximate surface area is 148 Å². The number of carboxylic acid groups (broad SMARTS) is 1. The lowest BCUT2D eigenvalue weighted by Gasteiger charge is -2.08. The van der Waals surface area contributed by atoms with Gasteiger partial charge < -0.3 is 14.6 Å². The number of pyridine rings is 1. The Balaban J connectivity index is 1.78. The van der Waals surface area contributed by atoms with Crippen LogP contribution in [-0.2, 0) is 5.75 Å². The van der Waals surface area contributed by atoms with Crippen LogP contribution in [0.4, 0.5) is 0 Å². The van der Waals surface area contributed by atoms with E-state index in [4.69, 9.17) is 14.6 Å². The van der Waals surface area contributed by atoms with Crippen LogP contribution in [0.2, 0.25) is 0 Å². The highest BCUT2D eigenvalue weighted by molar-refractivity contribution is 7.98. The van der Waals surface area contributed by atoms with Crippen molar-refractivity contribution in [3.8, 4) is 11.8 Å². The lowest BCUT2D eigenvalue weighted by atomic mass is 10.2. The normalized spacial score (nSPS) is 10.6. The summed E-state index contributed by atoms with van der Waals surface area (Å²) in [6.45, 7) is 0. The highest BCUT2D eigenvalue weighted by Crippen LogP contribution is 2.27. The predicted molar refractivity (Wildman–Crippen MR) is 93.4 cm³/mol. The monoisotopic (exact) mass is 357 g/mol. The molecule has 3 rings (SSSR count). The van der Waals surface area contributed by atoms with Crippen molar-refractivity contribution in [1.82, 2.24) is 15.0 Å². The van der Waals surface area contributed by atoms with Gasteiger partial charge in [-0.3, -0.25) is 0 Å². The summed E-state index contributed by atoms with van der Waals surface area (Å²) in [5.74, 6) is 0.373. The summed E-state index contributed by atoms with van der Waals surface area (Å²) in [5, 5.41) is 9.64. The van der Waals surface area contributed by atoms with Crippen molar-refractivity contribution < 1.29 is 19.4 Å². The van der Waals surface area contributed by atoms with Crippen molar-refractivity contribution in [2.24, 2.45) is 0 Å². The summed E-state index contributed by atoms with van der Waals surface area (Å²) < 4.78 is 10.3. The molecule has 2 aromatic heterocycles. The fraction of sp³-hybridized carbons (Fsp3) is 0.176. The van der Waals surface area contributed by atoms with Crippen molar-refractivity contribution in [3.05, 3.63) is 47.7 Å². The molecule has 3 aromatic rings. The Hall–Kier alpha value is -2.87. The number of nitrogens with zero attached hydrogens (tertiary/aromatic N) is 3. The third kappa shape index (κ3) is 3.80. The molecule has 2 heterocycles. The van der Waals surface area contributed by atoms with Gasteiger partial charge in [0.2, 0.25) is 0 Å². The van der Waals surface area contributed by atoms with Crippen LogP contribution in [-0.4, -0.2) is 40.2 Å². The lowest BCUT2D eigenvalue weighted by Crippen LogP contribution is -1.98. The molecule has 25 heavy (non-hydrogen) atoms.